The number of amides is 2. The van der Waals surface area contributed by atoms with Crippen molar-refractivity contribution in [2.24, 2.45) is 5.92 Å². The number of thiazole rings is 1. The number of hydrogen-bond acceptors (Lipinski definition) is 4. The fourth-order valence-corrected chi connectivity index (χ4v) is 5.36. The number of anilines is 1. The van der Waals surface area contributed by atoms with E-state index in [1.165, 1.54) is 36.8 Å². The maximum atomic E-state index is 13.2. The molecule has 1 aromatic heterocycles. The number of benzene rings is 1. The molecule has 0 radical (unpaired) electrons. The van der Waals surface area contributed by atoms with E-state index >= 15 is 0 Å². The van der Waals surface area contributed by atoms with Crippen LogP contribution in [0, 0.1) is 5.92 Å². The van der Waals surface area contributed by atoms with Crippen LogP contribution in [0.3, 0.4) is 0 Å². The number of carbonyl (C=O) groups excluding carboxylic acids is 2. The molecule has 1 saturated carbocycles. The first-order chi connectivity index (χ1) is 13.9. The van der Waals surface area contributed by atoms with Gasteiger partial charge in [0.25, 0.3) is 5.91 Å². The van der Waals surface area contributed by atoms with Crippen LogP contribution in [0.15, 0.2) is 18.3 Å². The second-order valence-corrected chi connectivity index (χ2v) is 10.0. The quantitative estimate of drug-likeness (QED) is 0.577. The van der Waals surface area contributed by atoms with E-state index < -0.39 is 6.04 Å². The van der Waals surface area contributed by atoms with Gasteiger partial charge in [-0.3, -0.25) is 9.59 Å². The first-order valence-corrected chi connectivity index (χ1v) is 11.6. The number of nitrogens with one attached hydrogen (secondary N) is 1. The Bertz CT molecular complexity index is 943. The fourth-order valence-electron chi connectivity index (χ4n) is 4.20. The molecule has 9 heteroatoms. The standard InChI is InChI=1S/C20H20Cl3N3O2S/c21-14-7-12-10-26(19(28)13(12)8-15(14)22)16(6-11-4-2-1-3-5-11)18(27)25-20-24-9-17(23)29-20/h7-9,11,16H,1-6,10H2,(H,24,25,27). The molecule has 0 saturated heterocycles. The van der Waals surface area contributed by atoms with Crippen LogP contribution >= 0.6 is 46.1 Å². The number of hydrogen-bond donors (Lipinski definition) is 1. The molecular weight excluding hydrogens is 453 g/mol. The SMILES string of the molecule is O=C(Nc1ncc(Cl)s1)C(CC1CCCCC1)N1Cc2cc(Cl)c(Cl)cc2C1=O. The highest BCUT2D eigenvalue weighted by Gasteiger charge is 2.38. The third-order valence-corrected chi connectivity index (χ3v) is 7.40. The number of aromatic nitrogens is 1. The van der Waals surface area contributed by atoms with Gasteiger partial charge in [0.15, 0.2) is 5.13 Å². The molecule has 1 aliphatic heterocycles. The summed E-state index contributed by atoms with van der Waals surface area (Å²) in [6.45, 7) is 0.342. The molecule has 2 amide bonds. The third-order valence-electron chi connectivity index (χ3n) is 5.65. The van der Waals surface area contributed by atoms with Crippen molar-refractivity contribution in [3.05, 3.63) is 43.8 Å². The maximum Gasteiger partial charge on any atom is 0.255 e. The van der Waals surface area contributed by atoms with Crippen molar-refractivity contribution in [1.29, 1.82) is 0 Å². The van der Waals surface area contributed by atoms with E-state index in [0.717, 1.165) is 18.4 Å². The van der Waals surface area contributed by atoms with Crippen molar-refractivity contribution in [3.8, 4) is 0 Å². The molecule has 2 aromatic rings. The monoisotopic (exact) mass is 471 g/mol. The predicted molar refractivity (Wildman–Crippen MR) is 117 cm³/mol. The van der Waals surface area contributed by atoms with Crippen LogP contribution in [0.1, 0.15) is 54.4 Å². The summed E-state index contributed by atoms with van der Waals surface area (Å²) in [6.07, 6.45) is 7.86. The first-order valence-electron chi connectivity index (χ1n) is 9.63. The van der Waals surface area contributed by atoms with E-state index in [0.29, 0.717) is 44.0 Å². The van der Waals surface area contributed by atoms with Gasteiger partial charge in [0.1, 0.15) is 10.4 Å². The van der Waals surface area contributed by atoms with Crippen molar-refractivity contribution in [1.82, 2.24) is 9.88 Å². The molecule has 2 aliphatic rings. The average Bonchev–Trinajstić information content (AvgIpc) is 3.24. The van der Waals surface area contributed by atoms with Crippen molar-refractivity contribution < 1.29 is 9.59 Å². The van der Waals surface area contributed by atoms with Crippen molar-refractivity contribution in [2.75, 3.05) is 5.32 Å². The molecule has 1 atom stereocenters. The summed E-state index contributed by atoms with van der Waals surface area (Å²) in [6, 6.07) is 2.73. The van der Waals surface area contributed by atoms with Gasteiger partial charge in [0.05, 0.1) is 16.2 Å². The summed E-state index contributed by atoms with van der Waals surface area (Å²) in [4.78, 5) is 32.0. The Morgan fingerprint density at radius 3 is 2.62 bits per heavy atom. The van der Waals surface area contributed by atoms with Crippen molar-refractivity contribution >= 4 is 63.1 Å². The van der Waals surface area contributed by atoms with E-state index in [1.54, 1.807) is 17.0 Å². The zero-order chi connectivity index (χ0) is 20.5. The maximum absolute atomic E-state index is 13.2. The molecule has 4 rings (SSSR count). The Hall–Kier alpha value is -1.34. The minimum Gasteiger partial charge on any atom is -0.322 e. The van der Waals surface area contributed by atoms with Crippen molar-refractivity contribution in [2.45, 2.75) is 51.1 Å². The molecule has 1 fully saturated rings. The Labute approximate surface area is 188 Å². The van der Waals surface area contributed by atoms with Gasteiger partial charge in [-0.05, 0) is 30.0 Å². The predicted octanol–water partition coefficient (Wildman–Crippen LogP) is 6.04. The summed E-state index contributed by atoms with van der Waals surface area (Å²) in [5.74, 6) is -0.00490. The molecule has 2 heterocycles. The highest BCUT2D eigenvalue weighted by Crippen LogP contribution is 2.35. The van der Waals surface area contributed by atoms with E-state index in [2.05, 4.69) is 10.3 Å². The first kappa shape index (κ1) is 20.9. The minimum absolute atomic E-state index is 0.188. The van der Waals surface area contributed by atoms with Gasteiger partial charge in [-0.15, -0.1) is 0 Å². The fraction of sp³-hybridized carbons (Fsp3) is 0.450. The van der Waals surface area contributed by atoms with Gasteiger partial charge >= 0.3 is 0 Å². The summed E-state index contributed by atoms with van der Waals surface area (Å²) < 4.78 is 0.498. The van der Waals surface area contributed by atoms with E-state index in [9.17, 15) is 9.59 Å². The smallest absolute Gasteiger partial charge is 0.255 e. The van der Waals surface area contributed by atoms with Gasteiger partial charge in [0.2, 0.25) is 5.91 Å². The number of fused-ring (bicyclic) bond motifs is 1. The van der Waals surface area contributed by atoms with Crippen molar-refractivity contribution in [3.63, 3.8) is 0 Å². The lowest BCUT2D eigenvalue weighted by Crippen LogP contribution is -2.45. The summed E-state index contributed by atoms with van der Waals surface area (Å²) in [7, 11) is 0. The number of halogens is 3. The van der Waals surface area contributed by atoms with Gasteiger partial charge in [-0.25, -0.2) is 4.98 Å². The number of nitrogens with zero attached hydrogens (tertiary/aromatic N) is 2. The lowest BCUT2D eigenvalue weighted by Gasteiger charge is -2.31. The summed E-state index contributed by atoms with van der Waals surface area (Å²) >= 11 is 19.4. The molecule has 154 valence electrons. The van der Waals surface area contributed by atoms with Gasteiger partial charge in [-0.1, -0.05) is 78.2 Å². The molecule has 29 heavy (non-hydrogen) atoms. The lowest BCUT2D eigenvalue weighted by molar-refractivity contribution is -0.121. The van der Waals surface area contributed by atoms with Gasteiger partial charge in [-0.2, -0.15) is 0 Å². The Morgan fingerprint density at radius 1 is 1.21 bits per heavy atom. The molecule has 0 spiro atoms. The van der Waals surface area contributed by atoms with Crippen LogP contribution in [0.25, 0.3) is 0 Å². The molecular formula is C20H20Cl3N3O2S. The zero-order valence-corrected chi connectivity index (χ0v) is 18.7. The second kappa shape index (κ2) is 8.80. The van der Waals surface area contributed by atoms with Gasteiger partial charge < -0.3 is 10.2 Å². The Morgan fingerprint density at radius 2 is 1.93 bits per heavy atom. The largest absolute Gasteiger partial charge is 0.322 e. The number of carbonyl (C=O) groups is 2. The average molecular weight is 473 g/mol. The van der Waals surface area contributed by atoms with Crippen LogP contribution in [0.5, 0.6) is 0 Å². The molecule has 1 N–H and O–H groups in total. The number of rotatable bonds is 5. The highest BCUT2D eigenvalue weighted by molar-refractivity contribution is 7.19. The Balaban J connectivity index is 1.59. The molecule has 0 bridgehead atoms. The van der Waals surface area contributed by atoms with E-state index in [4.69, 9.17) is 34.8 Å². The van der Waals surface area contributed by atoms with E-state index in [-0.39, 0.29) is 11.8 Å². The molecule has 1 unspecified atom stereocenters. The van der Waals surface area contributed by atoms with E-state index in [1.807, 2.05) is 0 Å². The highest BCUT2D eigenvalue weighted by atomic mass is 35.5. The zero-order valence-electron chi connectivity index (χ0n) is 15.6. The van der Waals surface area contributed by atoms with Crippen LogP contribution in [-0.4, -0.2) is 27.7 Å². The molecule has 1 aromatic carbocycles. The molecule has 1 aliphatic carbocycles. The van der Waals surface area contributed by atoms with Crippen LogP contribution in [0.2, 0.25) is 14.4 Å². The second-order valence-electron chi connectivity index (χ2n) is 7.57. The normalized spacial score (nSPS) is 18.0. The Kier molecular flexibility index (Phi) is 6.35. The summed E-state index contributed by atoms with van der Waals surface area (Å²) in [5, 5.41) is 4.02. The van der Waals surface area contributed by atoms with Gasteiger partial charge in [0, 0.05) is 12.1 Å². The molecule has 5 nitrogen and oxygen atoms in total. The lowest BCUT2D eigenvalue weighted by atomic mass is 9.84. The topological polar surface area (TPSA) is 62.3 Å². The van der Waals surface area contributed by atoms with Crippen LogP contribution in [0.4, 0.5) is 5.13 Å². The van der Waals surface area contributed by atoms with Crippen LogP contribution < -0.4 is 5.32 Å². The minimum atomic E-state index is -0.585. The summed E-state index contributed by atoms with van der Waals surface area (Å²) in [5.41, 5.74) is 1.31. The van der Waals surface area contributed by atoms with Crippen LogP contribution in [-0.2, 0) is 11.3 Å². The third kappa shape index (κ3) is 4.55.